The van der Waals surface area contributed by atoms with Crippen molar-refractivity contribution in [2.24, 2.45) is 11.3 Å². The van der Waals surface area contributed by atoms with Crippen LogP contribution in [0, 0.1) is 11.3 Å². The van der Waals surface area contributed by atoms with Crippen LogP contribution in [0.5, 0.6) is 0 Å². The summed E-state index contributed by atoms with van der Waals surface area (Å²) in [5.74, 6) is 0.575. The minimum Gasteiger partial charge on any atom is -0.342 e. The second-order valence-electron chi connectivity index (χ2n) is 7.37. The SMILES string of the molecule is CCC1C(=O)NC(C(C)(C)C)C(=O)N1CC1CC=CCC1. The first-order valence-corrected chi connectivity index (χ1v) is 8.10. The van der Waals surface area contributed by atoms with Crippen molar-refractivity contribution in [1.29, 1.82) is 0 Å². The molecular formula is C17H28N2O2. The van der Waals surface area contributed by atoms with Crippen molar-refractivity contribution in [1.82, 2.24) is 10.2 Å². The number of hydrogen-bond acceptors (Lipinski definition) is 2. The normalized spacial score (nSPS) is 30.5. The molecule has 0 radical (unpaired) electrons. The van der Waals surface area contributed by atoms with Gasteiger partial charge in [-0.25, -0.2) is 0 Å². The zero-order valence-electron chi connectivity index (χ0n) is 13.7. The predicted octanol–water partition coefficient (Wildman–Crippen LogP) is 2.49. The van der Waals surface area contributed by atoms with Gasteiger partial charge in [-0.15, -0.1) is 0 Å². The number of carbonyl (C=O) groups excluding carboxylic acids is 2. The fourth-order valence-electron chi connectivity index (χ4n) is 3.27. The summed E-state index contributed by atoms with van der Waals surface area (Å²) < 4.78 is 0. The maximum absolute atomic E-state index is 12.9. The van der Waals surface area contributed by atoms with Gasteiger partial charge in [-0.3, -0.25) is 9.59 Å². The molecule has 1 aliphatic carbocycles. The van der Waals surface area contributed by atoms with Gasteiger partial charge in [-0.1, -0.05) is 39.8 Å². The molecule has 21 heavy (non-hydrogen) atoms. The Bertz CT molecular complexity index is 437. The number of allylic oxidation sites excluding steroid dienone is 2. The lowest BCUT2D eigenvalue weighted by atomic mass is 9.83. The number of amides is 2. The molecule has 2 aliphatic rings. The molecule has 4 heteroatoms. The molecule has 1 aliphatic heterocycles. The third kappa shape index (κ3) is 3.47. The van der Waals surface area contributed by atoms with Crippen molar-refractivity contribution >= 4 is 11.8 Å². The smallest absolute Gasteiger partial charge is 0.246 e. The van der Waals surface area contributed by atoms with Crippen LogP contribution in [0.15, 0.2) is 12.2 Å². The van der Waals surface area contributed by atoms with Crippen LogP contribution in [0.25, 0.3) is 0 Å². The number of rotatable bonds is 3. The largest absolute Gasteiger partial charge is 0.342 e. The number of carbonyl (C=O) groups is 2. The van der Waals surface area contributed by atoms with E-state index < -0.39 is 6.04 Å². The zero-order valence-corrected chi connectivity index (χ0v) is 13.7. The van der Waals surface area contributed by atoms with E-state index in [0.29, 0.717) is 18.9 Å². The van der Waals surface area contributed by atoms with E-state index in [2.05, 4.69) is 17.5 Å². The van der Waals surface area contributed by atoms with E-state index >= 15 is 0 Å². The molecule has 1 saturated heterocycles. The van der Waals surface area contributed by atoms with Crippen molar-refractivity contribution in [2.75, 3.05) is 6.54 Å². The third-order valence-electron chi connectivity index (χ3n) is 4.58. The highest BCUT2D eigenvalue weighted by Crippen LogP contribution is 2.28. The number of nitrogens with one attached hydrogen (secondary N) is 1. The highest BCUT2D eigenvalue weighted by atomic mass is 16.2. The molecule has 2 amide bonds. The Morgan fingerprint density at radius 1 is 1.29 bits per heavy atom. The molecule has 0 saturated carbocycles. The molecular weight excluding hydrogens is 264 g/mol. The first kappa shape index (κ1) is 16.1. The van der Waals surface area contributed by atoms with E-state index in [0.717, 1.165) is 19.3 Å². The van der Waals surface area contributed by atoms with Crippen LogP contribution in [-0.2, 0) is 9.59 Å². The molecule has 3 atom stereocenters. The second kappa shape index (κ2) is 6.20. The van der Waals surface area contributed by atoms with Gasteiger partial charge in [0.2, 0.25) is 11.8 Å². The lowest BCUT2D eigenvalue weighted by molar-refractivity contribution is -0.153. The summed E-state index contributed by atoms with van der Waals surface area (Å²) >= 11 is 0. The Morgan fingerprint density at radius 3 is 2.52 bits per heavy atom. The van der Waals surface area contributed by atoms with Crippen LogP contribution in [0.4, 0.5) is 0 Å². The van der Waals surface area contributed by atoms with Crippen molar-refractivity contribution in [2.45, 2.75) is 65.5 Å². The van der Waals surface area contributed by atoms with Crippen molar-refractivity contribution in [3.05, 3.63) is 12.2 Å². The molecule has 3 unspecified atom stereocenters. The van der Waals surface area contributed by atoms with Gasteiger partial charge < -0.3 is 10.2 Å². The van der Waals surface area contributed by atoms with Crippen molar-refractivity contribution < 1.29 is 9.59 Å². The summed E-state index contributed by atoms with van der Waals surface area (Å²) in [6.45, 7) is 8.70. The minimum absolute atomic E-state index is 0.00313. The average Bonchev–Trinajstić information content (AvgIpc) is 2.42. The monoisotopic (exact) mass is 292 g/mol. The molecule has 0 spiro atoms. The van der Waals surface area contributed by atoms with Gasteiger partial charge in [0.15, 0.2) is 0 Å². The van der Waals surface area contributed by atoms with Crippen molar-refractivity contribution in [3.8, 4) is 0 Å². The molecule has 0 aromatic rings. The Balaban J connectivity index is 2.18. The van der Waals surface area contributed by atoms with E-state index in [4.69, 9.17) is 0 Å². The summed E-state index contributed by atoms with van der Waals surface area (Å²) in [6.07, 6.45) is 8.29. The molecule has 2 rings (SSSR count). The van der Waals surface area contributed by atoms with E-state index in [1.54, 1.807) is 0 Å². The molecule has 118 valence electrons. The van der Waals surface area contributed by atoms with Gasteiger partial charge in [-0.2, -0.15) is 0 Å². The molecule has 0 aromatic carbocycles. The zero-order chi connectivity index (χ0) is 15.6. The molecule has 0 bridgehead atoms. The molecule has 1 heterocycles. The Hall–Kier alpha value is -1.32. The van der Waals surface area contributed by atoms with Gasteiger partial charge in [0.25, 0.3) is 0 Å². The summed E-state index contributed by atoms with van der Waals surface area (Å²) in [4.78, 5) is 27.1. The highest BCUT2D eigenvalue weighted by molar-refractivity contribution is 5.97. The summed E-state index contributed by atoms with van der Waals surface area (Å²) in [5, 5.41) is 2.93. The fraction of sp³-hybridized carbons (Fsp3) is 0.765. The van der Waals surface area contributed by atoms with Crippen LogP contribution < -0.4 is 5.32 Å². The van der Waals surface area contributed by atoms with Gasteiger partial charge in [-0.05, 0) is 37.0 Å². The van der Waals surface area contributed by atoms with Gasteiger partial charge in [0.1, 0.15) is 12.1 Å². The number of hydrogen-bond donors (Lipinski definition) is 1. The number of nitrogens with zero attached hydrogens (tertiary/aromatic N) is 1. The lowest BCUT2D eigenvalue weighted by Crippen LogP contribution is -2.66. The van der Waals surface area contributed by atoms with E-state index in [-0.39, 0.29) is 23.3 Å². The van der Waals surface area contributed by atoms with E-state index in [1.807, 2.05) is 32.6 Å². The maximum atomic E-state index is 12.9. The van der Waals surface area contributed by atoms with Crippen LogP contribution in [-0.4, -0.2) is 35.3 Å². The highest BCUT2D eigenvalue weighted by Gasteiger charge is 2.44. The standard InChI is InChI=1S/C17H28N2O2/c1-5-13-15(20)18-14(17(2,3)4)16(21)19(13)11-12-9-7-6-8-10-12/h6-7,12-14H,5,8-11H2,1-4H3,(H,18,20). The first-order chi connectivity index (χ1) is 9.84. The van der Waals surface area contributed by atoms with Crippen LogP contribution in [0.3, 0.4) is 0 Å². The van der Waals surface area contributed by atoms with E-state index in [1.165, 1.54) is 0 Å². The van der Waals surface area contributed by atoms with Crippen molar-refractivity contribution in [3.63, 3.8) is 0 Å². The Kier molecular flexibility index (Phi) is 4.74. The number of piperazine rings is 1. The maximum Gasteiger partial charge on any atom is 0.246 e. The van der Waals surface area contributed by atoms with Gasteiger partial charge in [0, 0.05) is 6.54 Å². The topological polar surface area (TPSA) is 49.4 Å². The van der Waals surface area contributed by atoms with Gasteiger partial charge >= 0.3 is 0 Å². The first-order valence-electron chi connectivity index (χ1n) is 8.10. The molecule has 1 N–H and O–H groups in total. The van der Waals surface area contributed by atoms with Crippen LogP contribution in [0.2, 0.25) is 0 Å². The minimum atomic E-state index is -0.410. The third-order valence-corrected chi connectivity index (χ3v) is 4.58. The Labute approximate surface area is 128 Å². The van der Waals surface area contributed by atoms with Crippen LogP contribution >= 0.6 is 0 Å². The summed E-state index contributed by atoms with van der Waals surface area (Å²) in [7, 11) is 0. The quantitative estimate of drug-likeness (QED) is 0.813. The Morgan fingerprint density at radius 2 is 2.00 bits per heavy atom. The average molecular weight is 292 g/mol. The van der Waals surface area contributed by atoms with E-state index in [9.17, 15) is 9.59 Å². The van der Waals surface area contributed by atoms with Gasteiger partial charge in [0.05, 0.1) is 0 Å². The summed E-state index contributed by atoms with van der Waals surface area (Å²) in [6, 6.07) is -0.714. The lowest BCUT2D eigenvalue weighted by Gasteiger charge is -2.44. The molecule has 0 aromatic heterocycles. The predicted molar refractivity (Wildman–Crippen MR) is 83.7 cm³/mol. The van der Waals surface area contributed by atoms with Crippen LogP contribution in [0.1, 0.15) is 53.4 Å². The fourth-order valence-corrected chi connectivity index (χ4v) is 3.27. The molecule has 1 fully saturated rings. The molecule has 4 nitrogen and oxygen atoms in total. The summed E-state index contributed by atoms with van der Waals surface area (Å²) in [5.41, 5.74) is -0.254. The second-order valence-corrected chi connectivity index (χ2v) is 7.37.